The Bertz CT molecular complexity index is 153. The molecular weight excluding hydrogens is 232 g/mol. The molecule has 8 nitrogen and oxygen atoms in total. The fourth-order valence-corrected chi connectivity index (χ4v) is 0.118. The van der Waals surface area contributed by atoms with Gasteiger partial charge in [-0.2, -0.15) is 0 Å². The van der Waals surface area contributed by atoms with Crippen molar-refractivity contribution in [3.8, 4) is 0 Å². The van der Waals surface area contributed by atoms with E-state index in [1.165, 1.54) is 0 Å². The minimum absolute atomic E-state index is 0.719. The van der Waals surface area contributed by atoms with Crippen LogP contribution in [-0.4, -0.2) is 46.3 Å². The van der Waals surface area contributed by atoms with Crippen molar-refractivity contribution in [2.75, 3.05) is 13.1 Å². The summed E-state index contributed by atoms with van der Waals surface area (Å²) in [5.74, 6) is -2.50. The number of nitrogens with two attached hydrogens (primary N) is 2. The van der Waals surface area contributed by atoms with Crippen LogP contribution in [0.2, 0.25) is 0 Å². The van der Waals surface area contributed by atoms with Gasteiger partial charge >= 0.3 is 0 Å². The third-order valence-corrected chi connectivity index (χ3v) is 0.408. The van der Waals surface area contributed by atoms with Crippen molar-refractivity contribution in [2.24, 2.45) is 11.5 Å². The Morgan fingerprint density at radius 2 is 0.882 bits per heavy atom. The zero-order chi connectivity index (χ0) is 14.9. The number of hydrogen-bond acceptors (Lipinski definition) is 5. The van der Waals surface area contributed by atoms with Crippen molar-refractivity contribution in [2.45, 2.75) is 27.2 Å². The topological polar surface area (TPSA) is 164 Å². The van der Waals surface area contributed by atoms with Gasteiger partial charge in [-0.15, -0.1) is 0 Å². The fourth-order valence-electron chi connectivity index (χ4n) is 0.118. The van der Waals surface area contributed by atoms with E-state index in [0.29, 0.717) is 0 Å². The molecule has 0 aliphatic carbocycles. The normalized spacial score (nSPS) is 6.88. The molecule has 0 heterocycles. The van der Waals surface area contributed by atoms with E-state index in [1.54, 1.807) is 0 Å². The minimum Gasteiger partial charge on any atom is -0.481 e. The summed E-state index contributed by atoms with van der Waals surface area (Å²) in [6, 6.07) is 0. The SMILES string of the molecule is CC(=O)O.CC(=O)O.CC(=O)O.NCCCN. The molecule has 0 bridgehead atoms. The molecule has 0 unspecified atom stereocenters. The molecule has 17 heavy (non-hydrogen) atoms. The highest BCUT2D eigenvalue weighted by atomic mass is 16.4. The van der Waals surface area contributed by atoms with E-state index in [9.17, 15) is 0 Å². The largest absolute Gasteiger partial charge is 0.481 e. The molecule has 0 aromatic carbocycles. The lowest BCUT2D eigenvalue weighted by Gasteiger charge is -1.81. The first-order valence-corrected chi connectivity index (χ1v) is 4.60. The summed E-state index contributed by atoms with van der Waals surface area (Å²) in [5, 5.41) is 22.2. The first-order valence-electron chi connectivity index (χ1n) is 4.60. The van der Waals surface area contributed by atoms with E-state index in [-0.39, 0.29) is 0 Å². The molecule has 0 saturated carbocycles. The van der Waals surface area contributed by atoms with Crippen LogP contribution in [0.4, 0.5) is 0 Å². The quantitative estimate of drug-likeness (QED) is 0.442. The van der Waals surface area contributed by atoms with Crippen molar-refractivity contribution >= 4 is 17.9 Å². The monoisotopic (exact) mass is 254 g/mol. The van der Waals surface area contributed by atoms with Crippen LogP contribution in [-0.2, 0) is 14.4 Å². The number of hydrogen-bond donors (Lipinski definition) is 5. The van der Waals surface area contributed by atoms with Gasteiger partial charge in [0, 0.05) is 20.8 Å². The maximum absolute atomic E-state index is 9.00. The van der Waals surface area contributed by atoms with Crippen LogP contribution >= 0.6 is 0 Å². The summed E-state index contributed by atoms with van der Waals surface area (Å²) >= 11 is 0. The van der Waals surface area contributed by atoms with Crippen LogP contribution < -0.4 is 11.5 Å². The summed E-state index contributed by atoms with van der Waals surface area (Å²) in [7, 11) is 0. The Hall–Kier alpha value is -1.67. The van der Waals surface area contributed by atoms with Crippen LogP contribution in [0, 0.1) is 0 Å². The standard InChI is InChI=1S/C3H10N2.3C2H4O2/c4-2-1-3-5;3*1-2(3)4/h1-5H2;3*1H3,(H,3,4). The van der Waals surface area contributed by atoms with Gasteiger partial charge in [-0.3, -0.25) is 14.4 Å². The summed E-state index contributed by atoms with van der Waals surface area (Å²) in [6.45, 7) is 4.69. The average molecular weight is 254 g/mol. The molecule has 0 fully saturated rings. The van der Waals surface area contributed by atoms with Gasteiger partial charge in [0.1, 0.15) is 0 Å². The van der Waals surface area contributed by atoms with Crippen molar-refractivity contribution in [3.63, 3.8) is 0 Å². The van der Waals surface area contributed by atoms with Crippen LogP contribution in [0.1, 0.15) is 27.2 Å². The van der Waals surface area contributed by atoms with Crippen molar-refractivity contribution < 1.29 is 29.7 Å². The summed E-state index contributed by atoms with van der Waals surface area (Å²) in [4.78, 5) is 27.0. The van der Waals surface area contributed by atoms with Crippen LogP contribution in [0.25, 0.3) is 0 Å². The zero-order valence-electron chi connectivity index (χ0n) is 10.3. The predicted octanol–water partition coefficient (Wildman–Crippen LogP) is -0.433. The first kappa shape index (κ1) is 24.5. The van der Waals surface area contributed by atoms with Gasteiger partial charge in [-0.05, 0) is 19.5 Å². The van der Waals surface area contributed by atoms with E-state index < -0.39 is 17.9 Å². The maximum Gasteiger partial charge on any atom is 0.300 e. The van der Waals surface area contributed by atoms with E-state index in [1.807, 2.05) is 0 Å². The Kier molecular flexibility index (Phi) is 34.4. The van der Waals surface area contributed by atoms with Crippen LogP contribution in [0.15, 0.2) is 0 Å². The molecule has 104 valence electrons. The van der Waals surface area contributed by atoms with Crippen LogP contribution in [0.3, 0.4) is 0 Å². The van der Waals surface area contributed by atoms with Crippen molar-refractivity contribution in [1.29, 1.82) is 0 Å². The third kappa shape index (κ3) is 20000. The van der Waals surface area contributed by atoms with E-state index >= 15 is 0 Å². The smallest absolute Gasteiger partial charge is 0.300 e. The Morgan fingerprint density at radius 3 is 0.882 bits per heavy atom. The molecule has 0 aromatic rings. The summed E-state index contributed by atoms with van der Waals surface area (Å²) in [5.41, 5.74) is 10.1. The second-order valence-electron chi connectivity index (χ2n) is 2.49. The van der Waals surface area contributed by atoms with Gasteiger partial charge in [0.25, 0.3) is 17.9 Å². The molecule has 0 aliphatic heterocycles. The van der Waals surface area contributed by atoms with Gasteiger partial charge < -0.3 is 26.8 Å². The highest BCUT2D eigenvalue weighted by Crippen LogP contribution is 1.58. The lowest BCUT2D eigenvalue weighted by molar-refractivity contribution is -0.135. The lowest BCUT2D eigenvalue weighted by atomic mass is 10.4. The van der Waals surface area contributed by atoms with Gasteiger partial charge in [-0.1, -0.05) is 0 Å². The maximum atomic E-state index is 9.00. The fraction of sp³-hybridized carbons (Fsp3) is 0.667. The van der Waals surface area contributed by atoms with E-state index in [2.05, 4.69) is 0 Å². The van der Waals surface area contributed by atoms with Crippen molar-refractivity contribution in [3.05, 3.63) is 0 Å². The van der Waals surface area contributed by atoms with Gasteiger partial charge in [-0.25, -0.2) is 0 Å². The van der Waals surface area contributed by atoms with E-state index in [0.717, 1.165) is 40.3 Å². The minimum atomic E-state index is -0.833. The average Bonchev–Trinajstić information content (AvgIpc) is 2.01. The number of carbonyl (C=O) groups is 3. The first-order chi connectivity index (χ1) is 7.61. The molecule has 0 rings (SSSR count). The molecule has 8 heteroatoms. The second-order valence-corrected chi connectivity index (χ2v) is 2.49. The molecule has 0 aromatic heterocycles. The second kappa shape index (κ2) is 23.9. The number of rotatable bonds is 2. The molecule has 0 saturated heterocycles. The van der Waals surface area contributed by atoms with Gasteiger partial charge in [0.15, 0.2) is 0 Å². The molecule has 0 spiro atoms. The summed E-state index contributed by atoms with van der Waals surface area (Å²) < 4.78 is 0. The summed E-state index contributed by atoms with van der Waals surface area (Å²) in [6.07, 6.45) is 0.944. The number of carboxylic acid groups (broad SMARTS) is 3. The highest BCUT2D eigenvalue weighted by molar-refractivity contribution is 5.63. The predicted molar refractivity (Wildman–Crippen MR) is 62.7 cm³/mol. The molecular formula is C9H22N2O6. The van der Waals surface area contributed by atoms with Gasteiger partial charge in [0.05, 0.1) is 0 Å². The number of carboxylic acids is 3. The molecule has 0 amide bonds. The molecule has 0 aliphatic rings. The Morgan fingerprint density at radius 1 is 0.765 bits per heavy atom. The number of aliphatic carboxylic acids is 3. The molecule has 0 atom stereocenters. The van der Waals surface area contributed by atoms with Crippen LogP contribution in [0.5, 0.6) is 0 Å². The van der Waals surface area contributed by atoms with Gasteiger partial charge in [0.2, 0.25) is 0 Å². The highest BCUT2D eigenvalue weighted by Gasteiger charge is 1.67. The van der Waals surface area contributed by atoms with E-state index in [4.69, 9.17) is 41.2 Å². The zero-order valence-corrected chi connectivity index (χ0v) is 10.3. The van der Waals surface area contributed by atoms with Crippen molar-refractivity contribution in [1.82, 2.24) is 0 Å². The lowest BCUT2D eigenvalue weighted by Crippen LogP contribution is -2.06. The molecule has 7 N–H and O–H groups in total. The Labute approximate surface area is 100 Å². The Balaban J connectivity index is -0.0000000667. The third-order valence-electron chi connectivity index (χ3n) is 0.408. The molecule has 0 radical (unpaired) electrons.